The molecule has 1 N–H and O–H groups in total. The third-order valence-corrected chi connectivity index (χ3v) is 2.03. The lowest BCUT2D eigenvalue weighted by atomic mass is 10.2. The molecule has 0 aromatic carbocycles. The zero-order chi connectivity index (χ0) is 7.56. The maximum Gasteiger partial charge on any atom is 0.0682 e. The molecule has 2 atom stereocenters. The van der Waals surface area contributed by atoms with Gasteiger partial charge in [0.1, 0.15) is 0 Å². The maximum atomic E-state index is 9.20. The molecule has 3 heteroatoms. The summed E-state index contributed by atoms with van der Waals surface area (Å²) in [5.41, 5.74) is 0. The molecule has 0 spiro atoms. The summed E-state index contributed by atoms with van der Waals surface area (Å²) in [7, 11) is 3.71. The van der Waals surface area contributed by atoms with Gasteiger partial charge < -0.3 is 9.84 Å². The van der Waals surface area contributed by atoms with Crippen LogP contribution in [0, 0.1) is 0 Å². The second-order valence-electron chi connectivity index (χ2n) is 2.94. The Labute approximate surface area is 61.6 Å². The third-order valence-electron chi connectivity index (χ3n) is 2.03. The van der Waals surface area contributed by atoms with Gasteiger partial charge in [0.05, 0.1) is 12.7 Å². The molecular weight excluding hydrogens is 130 g/mol. The van der Waals surface area contributed by atoms with E-state index in [2.05, 4.69) is 4.90 Å². The fourth-order valence-electron chi connectivity index (χ4n) is 1.44. The highest BCUT2D eigenvalue weighted by Crippen LogP contribution is 2.14. The van der Waals surface area contributed by atoms with E-state index >= 15 is 0 Å². The molecule has 2 unspecified atom stereocenters. The topological polar surface area (TPSA) is 32.7 Å². The third kappa shape index (κ3) is 1.68. The van der Waals surface area contributed by atoms with E-state index in [-0.39, 0.29) is 6.10 Å². The minimum atomic E-state index is -0.148. The van der Waals surface area contributed by atoms with Crippen molar-refractivity contribution in [2.75, 3.05) is 27.3 Å². The van der Waals surface area contributed by atoms with E-state index in [1.54, 1.807) is 7.11 Å². The first-order valence-corrected chi connectivity index (χ1v) is 3.61. The van der Waals surface area contributed by atoms with Crippen molar-refractivity contribution in [1.29, 1.82) is 0 Å². The van der Waals surface area contributed by atoms with Crippen LogP contribution in [0.1, 0.15) is 6.42 Å². The minimum Gasteiger partial charge on any atom is -0.392 e. The van der Waals surface area contributed by atoms with Crippen LogP contribution in [0.15, 0.2) is 0 Å². The largest absolute Gasteiger partial charge is 0.392 e. The second kappa shape index (κ2) is 3.32. The normalized spacial score (nSPS) is 35.1. The Kier molecular flexibility index (Phi) is 2.65. The number of hydrogen-bond donors (Lipinski definition) is 1. The monoisotopic (exact) mass is 145 g/mol. The first kappa shape index (κ1) is 7.98. The molecule has 0 aromatic heterocycles. The van der Waals surface area contributed by atoms with Gasteiger partial charge in [-0.1, -0.05) is 0 Å². The van der Waals surface area contributed by atoms with Gasteiger partial charge in [-0.05, 0) is 13.5 Å². The van der Waals surface area contributed by atoms with Gasteiger partial charge in [-0.2, -0.15) is 0 Å². The Morgan fingerprint density at radius 3 is 2.80 bits per heavy atom. The Morgan fingerprint density at radius 1 is 1.70 bits per heavy atom. The van der Waals surface area contributed by atoms with Gasteiger partial charge in [-0.15, -0.1) is 0 Å². The number of β-amino-alcohol motifs (C(OH)–C–C–N with tert-alkyl or cyclic N) is 1. The molecule has 1 heterocycles. The van der Waals surface area contributed by atoms with Crippen LogP contribution in [0.3, 0.4) is 0 Å². The Hall–Kier alpha value is -0.120. The van der Waals surface area contributed by atoms with E-state index in [4.69, 9.17) is 4.74 Å². The van der Waals surface area contributed by atoms with Crippen LogP contribution in [-0.2, 0) is 4.74 Å². The Balaban J connectivity index is 2.31. The van der Waals surface area contributed by atoms with E-state index in [1.807, 2.05) is 7.05 Å². The van der Waals surface area contributed by atoms with Crippen LogP contribution in [0.2, 0.25) is 0 Å². The van der Waals surface area contributed by atoms with Gasteiger partial charge in [-0.3, -0.25) is 4.90 Å². The van der Waals surface area contributed by atoms with Gasteiger partial charge in [0.2, 0.25) is 0 Å². The van der Waals surface area contributed by atoms with Gasteiger partial charge in [0, 0.05) is 19.7 Å². The molecule has 0 amide bonds. The van der Waals surface area contributed by atoms with Crippen molar-refractivity contribution in [1.82, 2.24) is 4.90 Å². The first-order chi connectivity index (χ1) is 4.74. The van der Waals surface area contributed by atoms with E-state index in [1.165, 1.54) is 0 Å². The van der Waals surface area contributed by atoms with E-state index < -0.39 is 0 Å². The van der Waals surface area contributed by atoms with Gasteiger partial charge >= 0.3 is 0 Å². The fraction of sp³-hybridized carbons (Fsp3) is 1.00. The summed E-state index contributed by atoms with van der Waals surface area (Å²) < 4.78 is 4.99. The number of ether oxygens (including phenoxy) is 1. The quantitative estimate of drug-likeness (QED) is 0.579. The van der Waals surface area contributed by atoms with E-state index in [9.17, 15) is 5.11 Å². The van der Waals surface area contributed by atoms with Crippen molar-refractivity contribution in [3.8, 4) is 0 Å². The molecule has 1 saturated heterocycles. The van der Waals surface area contributed by atoms with Crippen LogP contribution in [0.5, 0.6) is 0 Å². The summed E-state index contributed by atoms with van der Waals surface area (Å²) in [5, 5.41) is 9.20. The summed E-state index contributed by atoms with van der Waals surface area (Å²) in [6.45, 7) is 1.52. The van der Waals surface area contributed by atoms with Crippen molar-refractivity contribution in [2.45, 2.75) is 18.6 Å². The van der Waals surface area contributed by atoms with E-state index in [0.29, 0.717) is 6.04 Å². The maximum absolute atomic E-state index is 9.20. The predicted octanol–water partition coefficient (Wildman–Crippen LogP) is -0.302. The second-order valence-corrected chi connectivity index (χ2v) is 2.94. The Morgan fingerprint density at radius 2 is 2.40 bits per heavy atom. The number of nitrogens with zero attached hydrogens (tertiary/aromatic N) is 1. The molecule has 1 rings (SSSR count). The molecule has 0 saturated carbocycles. The summed E-state index contributed by atoms with van der Waals surface area (Å²) in [4.78, 5) is 2.13. The molecule has 60 valence electrons. The molecule has 10 heavy (non-hydrogen) atoms. The first-order valence-electron chi connectivity index (χ1n) is 3.61. The van der Waals surface area contributed by atoms with Crippen molar-refractivity contribution in [3.05, 3.63) is 0 Å². The molecule has 1 aliphatic heterocycles. The van der Waals surface area contributed by atoms with Gasteiger partial charge in [0.25, 0.3) is 0 Å². The molecule has 1 fully saturated rings. The minimum absolute atomic E-state index is 0.148. The number of methoxy groups -OCH3 is 1. The molecule has 3 nitrogen and oxygen atoms in total. The standard InChI is InChI=1S/C7H15NO2/c1-8-4-7(9)3-6(8)5-10-2/h6-7,9H,3-5H2,1-2H3. The summed E-state index contributed by atoms with van der Waals surface area (Å²) >= 11 is 0. The lowest BCUT2D eigenvalue weighted by Crippen LogP contribution is -2.28. The predicted molar refractivity (Wildman–Crippen MR) is 38.9 cm³/mol. The highest BCUT2D eigenvalue weighted by Gasteiger charge is 2.27. The Bertz CT molecular complexity index is 108. The average molecular weight is 145 g/mol. The van der Waals surface area contributed by atoms with Crippen LogP contribution >= 0.6 is 0 Å². The molecular formula is C7H15NO2. The van der Waals surface area contributed by atoms with Gasteiger partial charge in [0.15, 0.2) is 0 Å². The smallest absolute Gasteiger partial charge is 0.0682 e. The highest BCUT2D eigenvalue weighted by molar-refractivity contribution is 4.82. The summed E-state index contributed by atoms with van der Waals surface area (Å²) in [5.74, 6) is 0. The van der Waals surface area contributed by atoms with Crippen molar-refractivity contribution in [3.63, 3.8) is 0 Å². The summed E-state index contributed by atoms with van der Waals surface area (Å²) in [6, 6.07) is 0.417. The number of rotatable bonds is 2. The van der Waals surface area contributed by atoms with Crippen molar-refractivity contribution < 1.29 is 9.84 Å². The van der Waals surface area contributed by atoms with E-state index in [0.717, 1.165) is 19.6 Å². The average Bonchev–Trinajstić information content (AvgIpc) is 2.13. The molecule has 0 bridgehead atoms. The number of likely N-dealkylation sites (N-methyl/N-ethyl adjacent to an activating group) is 1. The molecule has 0 radical (unpaired) electrons. The number of likely N-dealkylation sites (tertiary alicyclic amines) is 1. The highest BCUT2D eigenvalue weighted by atomic mass is 16.5. The van der Waals surface area contributed by atoms with Crippen LogP contribution in [-0.4, -0.2) is 49.5 Å². The SMILES string of the molecule is COCC1CC(O)CN1C. The van der Waals surface area contributed by atoms with Gasteiger partial charge in [-0.25, -0.2) is 0 Å². The fourth-order valence-corrected chi connectivity index (χ4v) is 1.44. The zero-order valence-corrected chi connectivity index (χ0v) is 6.58. The lowest BCUT2D eigenvalue weighted by Gasteiger charge is -2.16. The van der Waals surface area contributed by atoms with Crippen molar-refractivity contribution >= 4 is 0 Å². The number of hydrogen-bond acceptors (Lipinski definition) is 3. The molecule has 1 aliphatic rings. The van der Waals surface area contributed by atoms with Crippen molar-refractivity contribution in [2.24, 2.45) is 0 Å². The molecule has 0 aliphatic carbocycles. The number of aliphatic hydroxyl groups is 1. The lowest BCUT2D eigenvalue weighted by molar-refractivity contribution is 0.129. The zero-order valence-electron chi connectivity index (χ0n) is 6.58. The summed E-state index contributed by atoms with van der Waals surface area (Å²) in [6.07, 6.45) is 0.704. The van der Waals surface area contributed by atoms with Crippen LogP contribution < -0.4 is 0 Å². The molecule has 0 aromatic rings. The number of aliphatic hydroxyl groups excluding tert-OH is 1. The van der Waals surface area contributed by atoms with Crippen LogP contribution in [0.4, 0.5) is 0 Å². The van der Waals surface area contributed by atoms with Crippen LogP contribution in [0.25, 0.3) is 0 Å².